The van der Waals surface area contributed by atoms with Crippen molar-refractivity contribution in [3.63, 3.8) is 0 Å². The Morgan fingerprint density at radius 1 is 1.14 bits per heavy atom. The van der Waals surface area contributed by atoms with Crippen LogP contribution >= 0.6 is 0 Å². The Bertz CT molecular complexity index is 841. The lowest BCUT2D eigenvalue weighted by molar-refractivity contribution is 0.102. The molecule has 1 N–H and O–H groups in total. The van der Waals surface area contributed by atoms with Crippen molar-refractivity contribution in [2.24, 2.45) is 0 Å². The molecule has 1 saturated heterocycles. The number of benzene rings is 1. The molecule has 6 heteroatoms. The highest BCUT2D eigenvalue weighted by Gasteiger charge is 2.24. The highest BCUT2D eigenvalue weighted by atomic mass is 16.2. The quantitative estimate of drug-likeness (QED) is 0.823. The van der Waals surface area contributed by atoms with Crippen molar-refractivity contribution in [1.29, 1.82) is 0 Å². The van der Waals surface area contributed by atoms with E-state index in [1.165, 1.54) is 0 Å². The van der Waals surface area contributed by atoms with Crippen LogP contribution in [0.15, 0.2) is 30.3 Å². The molecule has 1 aliphatic rings. The van der Waals surface area contributed by atoms with E-state index < -0.39 is 0 Å². The second-order valence-electron chi connectivity index (χ2n) is 9.08. The number of anilines is 2. The number of hydrogen-bond donors (Lipinski definition) is 1. The summed E-state index contributed by atoms with van der Waals surface area (Å²) in [6.45, 7) is 17.9. The van der Waals surface area contributed by atoms with Crippen LogP contribution in [0.3, 0.4) is 0 Å². The minimum Gasteiger partial charge on any atom is -0.367 e. The first-order valence-corrected chi connectivity index (χ1v) is 10.7. The Morgan fingerprint density at radius 2 is 1.79 bits per heavy atom. The molecular weight excluding hydrogens is 362 g/mol. The molecule has 29 heavy (non-hydrogen) atoms. The summed E-state index contributed by atoms with van der Waals surface area (Å²) in [5.74, 6) is 0.139. The predicted molar refractivity (Wildman–Crippen MR) is 120 cm³/mol. The zero-order valence-corrected chi connectivity index (χ0v) is 18.7. The van der Waals surface area contributed by atoms with E-state index in [-0.39, 0.29) is 11.4 Å². The molecule has 158 valence electrons. The van der Waals surface area contributed by atoms with Crippen molar-refractivity contribution in [3.8, 4) is 0 Å². The van der Waals surface area contributed by atoms with E-state index in [2.05, 4.69) is 67.8 Å². The number of nitrogens with one attached hydrogen (secondary N) is 1. The Kier molecular flexibility index (Phi) is 6.32. The molecule has 2 heterocycles. The molecule has 6 nitrogen and oxygen atoms in total. The van der Waals surface area contributed by atoms with Gasteiger partial charge in [-0.2, -0.15) is 5.10 Å². The van der Waals surface area contributed by atoms with Crippen LogP contribution in [0.25, 0.3) is 0 Å². The van der Waals surface area contributed by atoms with E-state index >= 15 is 0 Å². The van der Waals surface area contributed by atoms with Crippen LogP contribution in [0.5, 0.6) is 0 Å². The number of hydrogen-bond acceptors (Lipinski definition) is 4. The summed E-state index contributed by atoms with van der Waals surface area (Å²) in [5.41, 5.74) is 3.30. The summed E-state index contributed by atoms with van der Waals surface area (Å²) >= 11 is 0. The molecule has 0 radical (unpaired) electrons. The first-order chi connectivity index (χ1) is 13.7. The molecule has 1 aromatic carbocycles. The number of carbonyl (C=O) groups is 1. The van der Waals surface area contributed by atoms with E-state index in [0.29, 0.717) is 11.6 Å². The molecule has 2 aromatic rings. The second-order valence-corrected chi connectivity index (χ2v) is 9.08. The van der Waals surface area contributed by atoms with Gasteiger partial charge in [0.2, 0.25) is 0 Å². The zero-order valence-electron chi connectivity index (χ0n) is 18.7. The Labute approximate surface area is 174 Å². The molecular formula is C23H35N5O. The molecule has 1 fully saturated rings. The zero-order chi connectivity index (χ0) is 21.2. The van der Waals surface area contributed by atoms with Crippen LogP contribution in [0.1, 0.15) is 63.6 Å². The van der Waals surface area contributed by atoms with E-state index in [4.69, 9.17) is 0 Å². The fourth-order valence-corrected chi connectivity index (χ4v) is 3.80. The summed E-state index contributed by atoms with van der Waals surface area (Å²) in [5, 5.41) is 7.76. The van der Waals surface area contributed by atoms with Crippen molar-refractivity contribution in [2.75, 3.05) is 42.9 Å². The van der Waals surface area contributed by atoms with Gasteiger partial charge in [-0.25, -0.2) is 0 Å². The third-order valence-electron chi connectivity index (χ3n) is 5.51. The number of para-hydroxylation sites is 2. The van der Waals surface area contributed by atoms with Gasteiger partial charge in [-0.1, -0.05) is 32.9 Å². The van der Waals surface area contributed by atoms with E-state index in [1.807, 2.05) is 28.9 Å². The maximum absolute atomic E-state index is 13.0. The molecule has 0 bridgehead atoms. The predicted octanol–water partition coefficient (Wildman–Crippen LogP) is 4.16. The van der Waals surface area contributed by atoms with Crippen LogP contribution in [0.4, 0.5) is 11.4 Å². The van der Waals surface area contributed by atoms with Gasteiger partial charge in [-0.3, -0.25) is 9.48 Å². The SMILES string of the molecule is CCN1CCN(c2ccccc2NC(=O)c2cc(C(C)C)n(C(C)(C)C)n2)CC1. The van der Waals surface area contributed by atoms with Gasteiger partial charge in [0.15, 0.2) is 5.69 Å². The summed E-state index contributed by atoms with van der Waals surface area (Å²) in [7, 11) is 0. The molecule has 1 amide bonds. The summed E-state index contributed by atoms with van der Waals surface area (Å²) in [4.78, 5) is 17.9. The minimum atomic E-state index is -0.172. The fraction of sp³-hybridized carbons (Fsp3) is 0.565. The summed E-state index contributed by atoms with van der Waals surface area (Å²) < 4.78 is 1.97. The smallest absolute Gasteiger partial charge is 0.276 e. The monoisotopic (exact) mass is 397 g/mol. The van der Waals surface area contributed by atoms with Crippen molar-refractivity contribution < 1.29 is 4.79 Å². The number of aromatic nitrogens is 2. The molecule has 0 atom stereocenters. The molecule has 0 aliphatic carbocycles. The Balaban J connectivity index is 1.82. The van der Waals surface area contributed by atoms with E-state index in [9.17, 15) is 4.79 Å². The third kappa shape index (κ3) is 4.81. The topological polar surface area (TPSA) is 53.4 Å². The van der Waals surface area contributed by atoms with Crippen LogP contribution in [-0.4, -0.2) is 53.3 Å². The van der Waals surface area contributed by atoms with Crippen LogP contribution in [-0.2, 0) is 5.54 Å². The van der Waals surface area contributed by atoms with Crippen LogP contribution in [0, 0.1) is 0 Å². The average molecular weight is 398 g/mol. The number of nitrogens with zero attached hydrogens (tertiary/aromatic N) is 4. The second kappa shape index (κ2) is 8.57. The number of carbonyl (C=O) groups excluding carboxylic acids is 1. The standard InChI is InChI=1S/C23H35N5O/c1-7-26-12-14-27(15-13-26)20-11-9-8-10-18(20)24-22(29)19-16-21(17(2)3)28(25-19)23(4,5)6/h8-11,16-17H,7,12-15H2,1-6H3,(H,24,29). The average Bonchev–Trinajstić information content (AvgIpc) is 3.15. The molecule has 1 aromatic heterocycles. The van der Waals surface area contributed by atoms with Crippen molar-refractivity contribution >= 4 is 17.3 Å². The normalized spacial score (nSPS) is 15.8. The lowest BCUT2D eigenvalue weighted by Crippen LogP contribution is -2.46. The Morgan fingerprint density at radius 3 is 2.34 bits per heavy atom. The van der Waals surface area contributed by atoms with Gasteiger partial charge in [0.1, 0.15) is 0 Å². The highest BCUT2D eigenvalue weighted by Crippen LogP contribution is 2.28. The maximum atomic E-state index is 13.0. The van der Waals surface area contributed by atoms with Crippen LogP contribution < -0.4 is 10.2 Å². The fourth-order valence-electron chi connectivity index (χ4n) is 3.80. The lowest BCUT2D eigenvalue weighted by atomic mass is 10.1. The minimum absolute atomic E-state index is 0.158. The van der Waals surface area contributed by atoms with Crippen molar-refractivity contribution in [3.05, 3.63) is 41.7 Å². The largest absolute Gasteiger partial charge is 0.367 e. The number of amides is 1. The van der Waals surface area contributed by atoms with Gasteiger partial charge in [0.25, 0.3) is 5.91 Å². The van der Waals surface area contributed by atoms with Gasteiger partial charge in [0.05, 0.1) is 16.9 Å². The number of piperazine rings is 1. The lowest BCUT2D eigenvalue weighted by Gasteiger charge is -2.36. The van der Waals surface area contributed by atoms with Crippen molar-refractivity contribution in [1.82, 2.24) is 14.7 Å². The molecule has 0 saturated carbocycles. The van der Waals surface area contributed by atoms with Gasteiger partial charge in [0, 0.05) is 31.9 Å². The third-order valence-corrected chi connectivity index (χ3v) is 5.51. The maximum Gasteiger partial charge on any atom is 0.276 e. The first kappa shape index (κ1) is 21.4. The molecule has 1 aliphatic heterocycles. The van der Waals surface area contributed by atoms with Gasteiger partial charge in [-0.15, -0.1) is 0 Å². The highest BCUT2D eigenvalue weighted by molar-refractivity contribution is 6.04. The van der Waals surface area contributed by atoms with Crippen molar-refractivity contribution in [2.45, 2.75) is 53.0 Å². The van der Waals surface area contributed by atoms with E-state index in [1.54, 1.807) is 0 Å². The van der Waals surface area contributed by atoms with Gasteiger partial charge >= 0.3 is 0 Å². The molecule has 3 rings (SSSR count). The number of rotatable bonds is 5. The summed E-state index contributed by atoms with van der Waals surface area (Å²) in [6.07, 6.45) is 0. The van der Waals surface area contributed by atoms with Gasteiger partial charge in [-0.05, 0) is 51.4 Å². The first-order valence-electron chi connectivity index (χ1n) is 10.7. The summed E-state index contributed by atoms with van der Waals surface area (Å²) in [6, 6.07) is 9.99. The van der Waals surface area contributed by atoms with E-state index in [0.717, 1.165) is 49.8 Å². The Hall–Kier alpha value is -2.34. The molecule has 0 unspecified atom stereocenters. The molecule has 0 spiro atoms. The van der Waals surface area contributed by atoms with Crippen LogP contribution in [0.2, 0.25) is 0 Å². The van der Waals surface area contributed by atoms with Gasteiger partial charge < -0.3 is 15.1 Å². The number of likely N-dealkylation sites (N-methyl/N-ethyl adjacent to an activating group) is 1.